The molecule has 2 aromatic rings. The third-order valence-corrected chi connectivity index (χ3v) is 4.33. The van der Waals surface area contributed by atoms with E-state index in [1.807, 2.05) is 13.1 Å². The first-order valence-corrected chi connectivity index (χ1v) is 7.48. The van der Waals surface area contributed by atoms with E-state index >= 15 is 0 Å². The lowest BCUT2D eigenvalue weighted by molar-refractivity contribution is 0.257. The van der Waals surface area contributed by atoms with Gasteiger partial charge in [0.05, 0.1) is 5.52 Å². The zero-order valence-corrected chi connectivity index (χ0v) is 12.6. The van der Waals surface area contributed by atoms with Crippen LogP contribution in [0.25, 0.3) is 10.9 Å². The van der Waals surface area contributed by atoms with Crippen molar-refractivity contribution in [1.82, 2.24) is 9.88 Å². The van der Waals surface area contributed by atoms with Crippen LogP contribution < -0.4 is 5.32 Å². The van der Waals surface area contributed by atoms with E-state index in [0.717, 1.165) is 23.8 Å². The van der Waals surface area contributed by atoms with Gasteiger partial charge >= 0.3 is 0 Å². The second-order valence-electron chi connectivity index (χ2n) is 6.06. The van der Waals surface area contributed by atoms with Crippen molar-refractivity contribution in [2.24, 2.45) is 5.92 Å². The SMILES string of the molecule is CNc1nc2ccccc2cc1CN1CC(C)CC1C. The second-order valence-corrected chi connectivity index (χ2v) is 6.06. The fourth-order valence-electron chi connectivity index (χ4n) is 3.32. The minimum absolute atomic E-state index is 0.668. The van der Waals surface area contributed by atoms with Crippen LogP contribution in [0.4, 0.5) is 5.82 Å². The van der Waals surface area contributed by atoms with E-state index in [9.17, 15) is 0 Å². The molecule has 0 radical (unpaired) electrons. The smallest absolute Gasteiger partial charge is 0.130 e. The molecule has 1 saturated heterocycles. The molecule has 2 unspecified atom stereocenters. The van der Waals surface area contributed by atoms with Crippen LogP contribution in [0.15, 0.2) is 30.3 Å². The Balaban J connectivity index is 1.93. The summed E-state index contributed by atoms with van der Waals surface area (Å²) in [7, 11) is 1.96. The summed E-state index contributed by atoms with van der Waals surface area (Å²) in [6, 6.07) is 11.3. The third kappa shape index (κ3) is 2.50. The first-order chi connectivity index (χ1) is 9.67. The maximum absolute atomic E-state index is 4.74. The summed E-state index contributed by atoms with van der Waals surface area (Å²) >= 11 is 0. The molecule has 2 heterocycles. The van der Waals surface area contributed by atoms with Gasteiger partial charge in [-0.05, 0) is 31.4 Å². The summed E-state index contributed by atoms with van der Waals surface area (Å²) in [6.07, 6.45) is 1.30. The number of fused-ring (bicyclic) bond motifs is 1. The van der Waals surface area contributed by atoms with Crippen molar-refractivity contribution in [2.75, 3.05) is 18.9 Å². The third-order valence-electron chi connectivity index (χ3n) is 4.33. The number of para-hydroxylation sites is 1. The van der Waals surface area contributed by atoms with Crippen LogP contribution in [0, 0.1) is 5.92 Å². The predicted molar refractivity (Wildman–Crippen MR) is 84.9 cm³/mol. The van der Waals surface area contributed by atoms with Gasteiger partial charge in [-0.3, -0.25) is 4.90 Å². The highest BCUT2D eigenvalue weighted by atomic mass is 15.2. The summed E-state index contributed by atoms with van der Waals surface area (Å²) in [5.74, 6) is 1.81. The first kappa shape index (κ1) is 13.4. The van der Waals surface area contributed by atoms with Gasteiger partial charge < -0.3 is 5.32 Å². The zero-order chi connectivity index (χ0) is 14.1. The molecule has 0 bridgehead atoms. The Hall–Kier alpha value is -1.61. The summed E-state index contributed by atoms with van der Waals surface area (Å²) in [6.45, 7) is 6.85. The summed E-state index contributed by atoms with van der Waals surface area (Å²) < 4.78 is 0. The molecular formula is C17H23N3. The number of benzene rings is 1. The van der Waals surface area contributed by atoms with Crippen molar-refractivity contribution in [3.63, 3.8) is 0 Å². The van der Waals surface area contributed by atoms with E-state index in [4.69, 9.17) is 4.98 Å². The fraction of sp³-hybridized carbons (Fsp3) is 0.471. The van der Waals surface area contributed by atoms with Crippen molar-refractivity contribution in [3.8, 4) is 0 Å². The maximum atomic E-state index is 4.74. The number of hydrogen-bond acceptors (Lipinski definition) is 3. The molecule has 20 heavy (non-hydrogen) atoms. The molecule has 0 saturated carbocycles. The lowest BCUT2D eigenvalue weighted by Gasteiger charge is -2.22. The molecule has 1 N–H and O–H groups in total. The van der Waals surface area contributed by atoms with Gasteiger partial charge in [0.1, 0.15) is 5.82 Å². The normalized spacial score (nSPS) is 23.4. The van der Waals surface area contributed by atoms with E-state index in [0.29, 0.717) is 6.04 Å². The van der Waals surface area contributed by atoms with Crippen LogP contribution in [-0.2, 0) is 6.54 Å². The van der Waals surface area contributed by atoms with Crippen molar-refractivity contribution < 1.29 is 0 Å². The number of aromatic nitrogens is 1. The van der Waals surface area contributed by atoms with Gasteiger partial charge in [-0.25, -0.2) is 4.98 Å². The van der Waals surface area contributed by atoms with Crippen LogP contribution in [0.1, 0.15) is 25.8 Å². The minimum atomic E-state index is 0.668. The van der Waals surface area contributed by atoms with E-state index in [2.05, 4.69) is 48.3 Å². The average Bonchev–Trinajstić information content (AvgIpc) is 2.76. The number of likely N-dealkylation sites (tertiary alicyclic amines) is 1. The number of pyridine rings is 1. The van der Waals surface area contributed by atoms with Crippen LogP contribution in [-0.4, -0.2) is 29.5 Å². The average molecular weight is 269 g/mol. The minimum Gasteiger partial charge on any atom is -0.373 e. The monoisotopic (exact) mass is 269 g/mol. The molecule has 106 valence electrons. The van der Waals surface area contributed by atoms with E-state index in [1.54, 1.807) is 0 Å². The molecule has 1 aromatic carbocycles. The lowest BCUT2D eigenvalue weighted by Crippen LogP contribution is -2.27. The predicted octanol–water partition coefficient (Wildman–Crippen LogP) is 3.51. The van der Waals surface area contributed by atoms with Gasteiger partial charge in [0.15, 0.2) is 0 Å². The van der Waals surface area contributed by atoms with Crippen molar-refractivity contribution in [2.45, 2.75) is 32.9 Å². The topological polar surface area (TPSA) is 28.2 Å². The largest absolute Gasteiger partial charge is 0.373 e. The Morgan fingerprint density at radius 3 is 2.80 bits per heavy atom. The lowest BCUT2D eigenvalue weighted by atomic mass is 10.1. The standard InChI is InChI=1S/C17H23N3/c1-12-8-13(2)20(10-12)11-15-9-14-6-4-5-7-16(14)19-17(15)18-3/h4-7,9,12-13H,8,10-11H2,1-3H3,(H,18,19). The van der Waals surface area contributed by atoms with Crippen LogP contribution in [0.3, 0.4) is 0 Å². The molecule has 3 heteroatoms. The van der Waals surface area contributed by atoms with E-state index in [-0.39, 0.29) is 0 Å². The van der Waals surface area contributed by atoms with Gasteiger partial charge in [-0.15, -0.1) is 0 Å². The van der Waals surface area contributed by atoms with Gasteiger partial charge in [0.25, 0.3) is 0 Å². The number of rotatable bonds is 3. The molecule has 1 fully saturated rings. The summed E-state index contributed by atoms with van der Waals surface area (Å²) in [5, 5.41) is 4.47. The highest BCUT2D eigenvalue weighted by Gasteiger charge is 2.26. The summed E-state index contributed by atoms with van der Waals surface area (Å²) in [4.78, 5) is 7.31. The highest BCUT2D eigenvalue weighted by molar-refractivity contribution is 5.81. The van der Waals surface area contributed by atoms with Crippen LogP contribution in [0.5, 0.6) is 0 Å². The number of hydrogen-bond donors (Lipinski definition) is 1. The first-order valence-electron chi connectivity index (χ1n) is 7.48. The number of nitrogens with one attached hydrogen (secondary N) is 1. The second kappa shape index (κ2) is 5.41. The molecule has 3 nitrogen and oxygen atoms in total. The molecule has 0 spiro atoms. The number of nitrogens with zero attached hydrogens (tertiary/aromatic N) is 2. The quantitative estimate of drug-likeness (QED) is 0.924. The Morgan fingerprint density at radius 2 is 2.10 bits per heavy atom. The highest BCUT2D eigenvalue weighted by Crippen LogP contribution is 2.27. The zero-order valence-electron chi connectivity index (χ0n) is 12.6. The molecule has 3 rings (SSSR count). The van der Waals surface area contributed by atoms with Gasteiger partial charge in [0, 0.05) is 37.1 Å². The van der Waals surface area contributed by atoms with Gasteiger partial charge in [0.2, 0.25) is 0 Å². The fourth-order valence-corrected chi connectivity index (χ4v) is 3.32. The molecule has 1 aromatic heterocycles. The molecule has 2 atom stereocenters. The van der Waals surface area contributed by atoms with Crippen LogP contribution in [0.2, 0.25) is 0 Å². The Bertz CT molecular complexity index is 608. The molecule has 1 aliphatic rings. The Labute approximate surface area is 121 Å². The molecule has 1 aliphatic heterocycles. The summed E-state index contributed by atoms with van der Waals surface area (Å²) in [5.41, 5.74) is 2.36. The Kier molecular flexibility index (Phi) is 3.62. The van der Waals surface area contributed by atoms with Gasteiger partial charge in [-0.2, -0.15) is 0 Å². The Morgan fingerprint density at radius 1 is 1.30 bits per heavy atom. The number of anilines is 1. The van der Waals surface area contributed by atoms with Crippen molar-refractivity contribution >= 4 is 16.7 Å². The molecule has 0 amide bonds. The van der Waals surface area contributed by atoms with Crippen molar-refractivity contribution in [1.29, 1.82) is 0 Å². The maximum Gasteiger partial charge on any atom is 0.130 e. The van der Waals surface area contributed by atoms with E-state index < -0.39 is 0 Å². The molecular weight excluding hydrogens is 246 g/mol. The van der Waals surface area contributed by atoms with Gasteiger partial charge in [-0.1, -0.05) is 25.1 Å². The van der Waals surface area contributed by atoms with Crippen molar-refractivity contribution in [3.05, 3.63) is 35.9 Å². The van der Waals surface area contributed by atoms with Crippen LogP contribution >= 0.6 is 0 Å². The van der Waals surface area contributed by atoms with E-state index in [1.165, 1.54) is 23.9 Å². The molecule has 0 aliphatic carbocycles.